The summed E-state index contributed by atoms with van der Waals surface area (Å²) in [5.41, 5.74) is 0.721. The highest BCUT2D eigenvalue weighted by Crippen LogP contribution is 2.39. The van der Waals surface area contributed by atoms with E-state index in [4.69, 9.17) is 9.47 Å². The number of ether oxygens (including phenoxy) is 2. The fourth-order valence-electron chi connectivity index (χ4n) is 5.96. The summed E-state index contributed by atoms with van der Waals surface area (Å²) in [4.78, 5) is 30.9. The van der Waals surface area contributed by atoms with Gasteiger partial charge in [-0.25, -0.2) is 0 Å². The van der Waals surface area contributed by atoms with Gasteiger partial charge in [0.2, 0.25) is 11.8 Å². The summed E-state index contributed by atoms with van der Waals surface area (Å²) >= 11 is 0. The lowest BCUT2D eigenvalue weighted by atomic mass is 9.73. The third kappa shape index (κ3) is 6.93. The first-order chi connectivity index (χ1) is 18.6. The number of nitrogens with zero attached hydrogens (tertiary/aromatic N) is 4. The summed E-state index contributed by atoms with van der Waals surface area (Å²) in [5, 5.41) is 0. The quantitative estimate of drug-likeness (QED) is 0.557. The van der Waals surface area contributed by atoms with Crippen LogP contribution >= 0.6 is 0 Å². The first-order valence-corrected chi connectivity index (χ1v) is 15.5. The van der Waals surface area contributed by atoms with Gasteiger partial charge in [-0.15, -0.1) is 0 Å². The third-order valence-corrected chi connectivity index (χ3v) is 10.4. The van der Waals surface area contributed by atoms with Crippen LogP contribution in [-0.4, -0.2) is 112 Å². The van der Waals surface area contributed by atoms with Crippen LogP contribution in [0.25, 0.3) is 0 Å². The third-order valence-electron chi connectivity index (χ3n) is 8.46. The molecule has 0 N–H and O–H groups in total. The molecule has 1 aromatic rings. The van der Waals surface area contributed by atoms with Gasteiger partial charge in [0.1, 0.15) is 12.4 Å². The van der Waals surface area contributed by atoms with Crippen molar-refractivity contribution in [3.8, 4) is 5.75 Å². The number of amides is 2. The van der Waals surface area contributed by atoms with E-state index in [0.29, 0.717) is 39.1 Å². The topological polar surface area (TPSA) is 99.7 Å². The maximum absolute atomic E-state index is 13.8. The molecule has 0 bridgehead atoms. The average molecular weight is 565 g/mol. The Morgan fingerprint density at radius 3 is 2.49 bits per heavy atom. The molecule has 0 radical (unpaired) electrons. The van der Waals surface area contributed by atoms with Gasteiger partial charge in [0.05, 0.1) is 31.1 Å². The van der Waals surface area contributed by atoms with Gasteiger partial charge in [-0.05, 0) is 43.7 Å². The lowest BCUT2D eigenvalue weighted by molar-refractivity contribution is -0.150. The summed E-state index contributed by atoms with van der Waals surface area (Å²) in [6, 6.07) is 8.14. The Balaban J connectivity index is 1.41. The molecule has 39 heavy (non-hydrogen) atoms. The molecule has 1 unspecified atom stereocenters. The Morgan fingerprint density at radius 1 is 1.00 bits per heavy atom. The number of likely N-dealkylation sites (tertiary alicyclic amines) is 1. The van der Waals surface area contributed by atoms with E-state index in [1.165, 1.54) is 28.3 Å². The zero-order valence-electron chi connectivity index (χ0n) is 23.6. The van der Waals surface area contributed by atoms with Crippen LogP contribution in [0, 0.1) is 11.3 Å². The Hall–Kier alpha value is -2.21. The molecule has 4 rings (SSSR count). The van der Waals surface area contributed by atoms with Crippen LogP contribution in [-0.2, 0) is 31.0 Å². The van der Waals surface area contributed by atoms with E-state index in [2.05, 4.69) is 6.07 Å². The molecule has 0 aromatic heterocycles. The lowest BCUT2D eigenvalue weighted by Crippen LogP contribution is -2.53. The number of rotatable bonds is 3. The van der Waals surface area contributed by atoms with Crippen LogP contribution < -0.4 is 4.74 Å². The smallest absolute Gasteiger partial charge is 0.281 e. The number of carbonyl (C=O) groups is 2. The lowest BCUT2D eigenvalue weighted by Gasteiger charge is -2.43. The maximum atomic E-state index is 13.8. The fraction of sp³-hybridized carbons (Fsp3) is 0.714. The molecular formula is C28H44N4O6S. The number of hydrogen-bond donors (Lipinski definition) is 0. The van der Waals surface area contributed by atoms with E-state index >= 15 is 0 Å². The zero-order valence-corrected chi connectivity index (χ0v) is 24.5. The molecule has 0 saturated carbocycles. The minimum Gasteiger partial charge on any atom is -0.491 e. The number of carbonyl (C=O) groups excluding carboxylic acids is 2. The van der Waals surface area contributed by atoms with Gasteiger partial charge in [0, 0.05) is 47.3 Å². The average Bonchev–Trinajstić information content (AvgIpc) is 3.19. The Kier molecular flexibility index (Phi) is 9.90. The molecule has 11 heteroatoms. The van der Waals surface area contributed by atoms with Gasteiger partial charge >= 0.3 is 0 Å². The Labute approximate surface area is 233 Å². The summed E-state index contributed by atoms with van der Waals surface area (Å²) < 4.78 is 39.6. The number of benzene rings is 1. The summed E-state index contributed by atoms with van der Waals surface area (Å²) in [6.07, 6.45) is 6.02. The van der Waals surface area contributed by atoms with Gasteiger partial charge in [-0.1, -0.05) is 31.0 Å². The molecule has 3 heterocycles. The number of piperidine rings is 1. The van der Waals surface area contributed by atoms with Crippen LogP contribution in [0.15, 0.2) is 24.3 Å². The highest BCUT2D eigenvalue weighted by atomic mass is 32.2. The zero-order chi connectivity index (χ0) is 28.0. The number of aryl methyl sites for hydroxylation is 1. The summed E-state index contributed by atoms with van der Waals surface area (Å²) in [7, 11) is 1.19. The van der Waals surface area contributed by atoms with E-state index in [-0.39, 0.29) is 38.1 Å². The highest BCUT2D eigenvalue weighted by Gasteiger charge is 2.44. The first-order valence-electron chi connectivity index (χ1n) is 14.1. The van der Waals surface area contributed by atoms with Crippen molar-refractivity contribution in [2.45, 2.75) is 44.9 Å². The van der Waals surface area contributed by atoms with Crippen molar-refractivity contribution in [1.82, 2.24) is 18.4 Å². The van der Waals surface area contributed by atoms with Crippen molar-refractivity contribution in [1.29, 1.82) is 0 Å². The van der Waals surface area contributed by atoms with Crippen molar-refractivity contribution >= 4 is 22.0 Å². The van der Waals surface area contributed by atoms with E-state index in [9.17, 15) is 18.0 Å². The van der Waals surface area contributed by atoms with E-state index < -0.39 is 21.5 Å². The minimum absolute atomic E-state index is 0.0951. The van der Waals surface area contributed by atoms with Gasteiger partial charge < -0.3 is 19.3 Å². The van der Waals surface area contributed by atoms with E-state index in [0.717, 1.165) is 37.9 Å². The number of likely N-dealkylation sites (N-methyl/N-ethyl adjacent to an activating group) is 1. The van der Waals surface area contributed by atoms with E-state index in [1.54, 1.807) is 9.80 Å². The monoisotopic (exact) mass is 564 g/mol. The molecular weight excluding hydrogens is 520 g/mol. The Bertz CT molecular complexity index is 1100. The predicted octanol–water partition coefficient (Wildman–Crippen LogP) is 2.00. The fourth-order valence-corrected chi connectivity index (χ4v) is 7.10. The standard InChI is InChI=1S/C28H44N4O6S/c1-29(2)39(35,36)32-18-19-37-22-24(21-32)26(33)31-15-13-28(14-16-31)12-8-4-5-9-23-10-6-7-11-25(23)38-20-17-30(3)27(28)34/h6-7,10-11,24H,4-5,8-9,12-22H2,1-3H3. The van der Waals surface area contributed by atoms with Crippen molar-refractivity contribution in [2.75, 3.05) is 73.7 Å². The van der Waals surface area contributed by atoms with Gasteiger partial charge in [0.15, 0.2) is 0 Å². The Morgan fingerprint density at radius 2 is 1.74 bits per heavy atom. The molecule has 1 spiro atoms. The van der Waals surface area contributed by atoms with Crippen LogP contribution in [0.5, 0.6) is 5.75 Å². The van der Waals surface area contributed by atoms with Crippen molar-refractivity contribution in [2.24, 2.45) is 11.3 Å². The van der Waals surface area contributed by atoms with Crippen molar-refractivity contribution in [3.05, 3.63) is 29.8 Å². The van der Waals surface area contributed by atoms with Crippen LogP contribution in [0.4, 0.5) is 0 Å². The van der Waals surface area contributed by atoms with E-state index in [1.807, 2.05) is 25.2 Å². The van der Waals surface area contributed by atoms with Gasteiger partial charge in [-0.2, -0.15) is 17.0 Å². The SMILES string of the molecule is CN1CCOc2ccccc2CCCCCC2(CCN(C(=O)C3COCCN(S(=O)(=O)N(C)C)C3)CC2)C1=O. The molecule has 10 nitrogen and oxygen atoms in total. The second-order valence-electron chi connectivity index (χ2n) is 11.3. The van der Waals surface area contributed by atoms with Gasteiger partial charge in [-0.3, -0.25) is 9.59 Å². The molecule has 3 aliphatic heterocycles. The second-order valence-corrected chi connectivity index (χ2v) is 13.4. The normalized spacial score (nSPS) is 24.2. The summed E-state index contributed by atoms with van der Waals surface area (Å²) in [5.74, 6) is 0.376. The van der Waals surface area contributed by atoms with Crippen LogP contribution in [0.2, 0.25) is 0 Å². The number of para-hydroxylation sites is 1. The van der Waals surface area contributed by atoms with Gasteiger partial charge in [0.25, 0.3) is 10.2 Å². The molecule has 2 fully saturated rings. The first kappa shape index (κ1) is 29.8. The van der Waals surface area contributed by atoms with Crippen molar-refractivity contribution in [3.63, 3.8) is 0 Å². The maximum Gasteiger partial charge on any atom is 0.281 e. The molecule has 1 atom stereocenters. The molecule has 0 aliphatic carbocycles. The number of fused-ring (bicyclic) bond motifs is 1. The molecule has 1 aromatic carbocycles. The molecule has 218 valence electrons. The van der Waals surface area contributed by atoms with Crippen LogP contribution in [0.3, 0.4) is 0 Å². The predicted molar refractivity (Wildman–Crippen MR) is 148 cm³/mol. The van der Waals surface area contributed by atoms with Crippen LogP contribution in [0.1, 0.15) is 44.1 Å². The minimum atomic E-state index is -3.64. The molecule has 2 amide bonds. The number of hydrogen-bond acceptors (Lipinski definition) is 6. The largest absolute Gasteiger partial charge is 0.491 e. The molecule has 2 saturated heterocycles. The van der Waals surface area contributed by atoms with Crippen molar-refractivity contribution < 1.29 is 27.5 Å². The second kappa shape index (κ2) is 13.0. The molecule has 3 aliphatic rings. The summed E-state index contributed by atoms with van der Waals surface area (Å²) in [6.45, 7) is 2.70. The highest BCUT2D eigenvalue weighted by molar-refractivity contribution is 7.86.